The highest BCUT2D eigenvalue weighted by Gasteiger charge is 1.99. The van der Waals surface area contributed by atoms with Crippen molar-refractivity contribution in [1.29, 1.82) is 0 Å². The third kappa shape index (κ3) is 3.75. The minimum absolute atomic E-state index is 0.337. The highest BCUT2D eigenvalue weighted by atomic mass is 35.5. The molecule has 1 heterocycles. The van der Waals surface area contributed by atoms with Crippen LogP contribution in [0.25, 0.3) is 0 Å². The van der Waals surface area contributed by atoms with Gasteiger partial charge < -0.3 is 5.32 Å². The van der Waals surface area contributed by atoms with Crippen molar-refractivity contribution in [1.82, 2.24) is 10.3 Å². The van der Waals surface area contributed by atoms with E-state index in [1.807, 2.05) is 25.1 Å². The number of hydrogen-bond acceptors (Lipinski definition) is 2. The van der Waals surface area contributed by atoms with Crippen LogP contribution in [-0.2, 0) is 6.54 Å². The van der Waals surface area contributed by atoms with Gasteiger partial charge in [0.2, 0.25) is 0 Å². The Balaban J connectivity index is 2.45. The summed E-state index contributed by atoms with van der Waals surface area (Å²) in [6.45, 7) is 4.84. The van der Waals surface area contributed by atoms with Crippen LogP contribution in [0.1, 0.15) is 18.3 Å². The summed E-state index contributed by atoms with van der Waals surface area (Å²) in [6, 6.07) is 6.36. The molecule has 1 N–H and O–H groups in total. The Labute approximate surface area is 84.3 Å². The third-order valence-corrected chi connectivity index (χ3v) is 2.27. The van der Waals surface area contributed by atoms with E-state index >= 15 is 0 Å². The maximum Gasteiger partial charge on any atom is 0.0544 e. The van der Waals surface area contributed by atoms with Crippen LogP contribution in [0.5, 0.6) is 0 Å². The lowest BCUT2D eigenvalue weighted by Crippen LogP contribution is -2.27. The number of halogens is 1. The summed E-state index contributed by atoms with van der Waals surface area (Å²) in [4.78, 5) is 4.37. The fraction of sp³-hybridized carbons (Fsp3) is 0.500. The average molecular weight is 199 g/mol. The van der Waals surface area contributed by atoms with Crippen molar-refractivity contribution in [3.63, 3.8) is 0 Å². The van der Waals surface area contributed by atoms with E-state index in [0.717, 1.165) is 17.9 Å². The first-order valence-electron chi connectivity index (χ1n) is 4.44. The summed E-state index contributed by atoms with van der Waals surface area (Å²) >= 11 is 5.67. The van der Waals surface area contributed by atoms with Crippen LogP contribution in [0.2, 0.25) is 0 Å². The van der Waals surface area contributed by atoms with Gasteiger partial charge in [0.25, 0.3) is 0 Å². The molecule has 1 aromatic rings. The van der Waals surface area contributed by atoms with Crippen LogP contribution in [0.15, 0.2) is 18.2 Å². The van der Waals surface area contributed by atoms with Crippen LogP contribution in [0.3, 0.4) is 0 Å². The molecule has 0 aliphatic heterocycles. The van der Waals surface area contributed by atoms with Crippen molar-refractivity contribution < 1.29 is 0 Å². The minimum Gasteiger partial charge on any atom is -0.307 e. The van der Waals surface area contributed by atoms with Gasteiger partial charge in [0.1, 0.15) is 0 Å². The van der Waals surface area contributed by atoms with Gasteiger partial charge in [-0.05, 0) is 26.0 Å². The van der Waals surface area contributed by atoms with Gasteiger partial charge in [-0.3, -0.25) is 4.98 Å². The fourth-order valence-electron chi connectivity index (χ4n) is 1.03. The number of alkyl halides is 1. The Morgan fingerprint density at radius 2 is 2.31 bits per heavy atom. The highest BCUT2D eigenvalue weighted by molar-refractivity contribution is 6.18. The maximum atomic E-state index is 5.67. The molecule has 13 heavy (non-hydrogen) atoms. The first-order valence-corrected chi connectivity index (χ1v) is 4.97. The van der Waals surface area contributed by atoms with Crippen LogP contribution in [-0.4, -0.2) is 16.9 Å². The van der Waals surface area contributed by atoms with Crippen molar-refractivity contribution in [3.8, 4) is 0 Å². The molecular weight excluding hydrogens is 184 g/mol. The molecular formula is C10H15ClN2. The quantitative estimate of drug-likeness (QED) is 0.750. The zero-order chi connectivity index (χ0) is 9.68. The predicted molar refractivity (Wildman–Crippen MR) is 56.0 cm³/mol. The normalized spacial score (nSPS) is 12.8. The largest absolute Gasteiger partial charge is 0.307 e. The number of aromatic nitrogens is 1. The molecule has 1 atom stereocenters. The molecule has 0 aliphatic rings. The lowest BCUT2D eigenvalue weighted by molar-refractivity contribution is 0.585. The Morgan fingerprint density at radius 1 is 1.54 bits per heavy atom. The number of nitrogens with one attached hydrogen (secondary N) is 1. The van der Waals surface area contributed by atoms with Crippen LogP contribution < -0.4 is 5.32 Å². The summed E-state index contributed by atoms with van der Waals surface area (Å²) in [5.41, 5.74) is 2.12. The second-order valence-electron chi connectivity index (χ2n) is 3.21. The monoisotopic (exact) mass is 198 g/mol. The number of aryl methyl sites for hydroxylation is 1. The van der Waals surface area contributed by atoms with E-state index in [9.17, 15) is 0 Å². The number of nitrogens with zero attached hydrogens (tertiary/aromatic N) is 1. The summed E-state index contributed by atoms with van der Waals surface area (Å²) in [6.07, 6.45) is 0. The Morgan fingerprint density at radius 3 is 2.92 bits per heavy atom. The summed E-state index contributed by atoms with van der Waals surface area (Å²) in [5, 5.41) is 3.28. The molecule has 0 fully saturated rings. The summed E-state index contributed by atoms with van der Waals surface area (Å²) < 4.78 is 0. The molecule has 0 amide bonds. The standard InChI is InChI=1S/C10H15ClN2/c1-8-4-3-5-10(13-8)7-12-9(2)6-11/h3-5,9,12H,6-7H2,1-2H3. The second-order valence-corrected chi connectivity index (χ2v) is 3.52. The average Bonchev–Trinajstić information content (AvgIpc) is 2.14. The van der Waals surface area contributed by atoms with E-state index in [0.29, 0.717) is 11.9 Å². The van der Waals surface area contributed by atoms with E-state index in [4.69, 9.17) is 11.6 Å². The van der Waals surface area contributed by atoms with E-state index in [1.54, 1.807) is 0 Å². The number of hydrogen-bond donors (Lipinski definition) is 1. The minimum atomic E-state index is 0.337. The zero-order valence-corrected chi connectivity index (χ0v) is 8.80. The smallest absolute Gasteiger partial charge is 0.0544 e. The van der Waals surface area contributed by atoms with E-state index in [-0.39, 0.29) is 0 Å². The summed E-state index contributed by atoms with van der Waals surface area (Å²) in [5.74, 6) is 0.631. The molecule has 1 aromatic heterocycles. The van der Waals surface area contributed by atoms with Crippen LogP contribution in [0, 0.1) is 6.92 Å². The summed E-state index contributed by atoms with van der Waals surface area (Å²) in [7, 11) is 0. The predicted octanol–water partition coefficient (Wildman–Crippen LogP) is 2.11. The zero-order valence-electron chi connectivity index (χ0n) is 8.05. The third-order valence-electron chi connectivity index (χ3n) is 1.81. The lowest BCUT2D eigenvalue weighted by atomic mass is 10.3. The molecule has 0 radical (unpaired) electrons. The fourth-order valence-corrected chi connectivity index (χ4v) is 1.14. The molecule has 0 aliphatic carbocycles. The van der Waals surface area contributed by atoms with Gasteiger partial charge >= 0.3 is 0 Å². The van der Waals surface area contributed by atoms with Gasteiger partial charge in [0, 0.05) is 24.2 Å². The molecule has 3 heteroatoms. The molecule has 0 aromatic carbocycles. The number of rotatable bonds is 4. The molecule has 1 unspecified atom stereocenters. The van der Waals surface area contributed by atoms with Crippen molar-refractivity contribution in [3.05, 3.63) is 29.6 Å². The lowest BCUT2D eigenvalue weighted by Gasteiger charge is -2.09. The van der Waals surface area contributed by atoms with Gasteiger partial charge in [-0.15, -0.1) is 11.6 Å². The molecule has 0 saturated heterocycles. The van der Waals surface area contributed by atoms with Crippen molar-refractivity contribution >= 4 is 11.6 Å². The van der Waals surface area contributed by atoms with Gasteiger partial charge in [-0.1, -0.05) is 6.07 Å². The Bertz CT molecular complexity index is 263. The molecule has 0 bridgehead atoms. The topological polar surface area (TPSA) is 24.9 Å². The second kappa shape index (κ2) is 5.20. The van der Waals surface area contributed by atoms with Gasteiger partial charge in [-0.2, -0.15) is 0 Å². The van der Waals surface area contributed by atoms with E-state index < -0.39 is 0 Å². The molecule has 1 rings (SSSR count). The Kier molecular flexibility index (Phi) is 4.19. The van der Waals surface area contributed by atoms with E-state index in [2.05, 4.69) is 17.2 Å². The Hall–Kier alpha value is -0.600. The number of pyridine rings is 1. The van der Waals surface area contributed by atoms with E-state index in [1.165, 1.54) is 0 Å². The van der Waals surface area contributed by atoms with Crippen molar-refractivity contribution in [2.75, 3.05) is 5.88 Å². The maximum absolute atomic E-state index is 5.67. The van der Waals surface area contributed by atoms with Gasteiger partial charge in [0.05, 0.1) is 5.69 Å². The molecule has 0 saturated carbocycles. The van der Waals surface area contributed by atoms with Crippen molar-refractivity contribution in [2.45, 2.75) is 26.4 Å². The van der Waals surface area contributed by atoms with Gasteiger partial charge in [-0.25, -0.2) is 0 Å². The molecule has 2 nitrogen and oxygen atoms in total. The SMILES string of the molecule is Cc1cccc(CNC(C)CCl)n1. The molecule has 72 valence electrons. The van der Waals surface area contributed by atoms with Gasteiger partial charge in [0.15, 0.2) is 0 Å². The van der Waals surface area contributed by atoms with Crippen LogP contribution >= 0.6 is 11.6 Å². The first kappa shape index (κ1) is 10.5. The van der Waals surface area contributed by atoms with Crippen molar-refractivity contribution in [2.24, 2.45) is 0 Å². The highest BCUT2D eigenvalue weighted by Crippen LogP contribution is 1.98. The first-order chi connectivity index (χ1) is 6.22. The molecule has 0 spiro atoms. The van der Waals surface area contributed by atoms with Crippen LogP contribution in [0.4, 0.5) is 0 Å².